The number of hydrogen-bond acceptors (Lipinski definition) is 4. The van der Waals surface area contributed by atoms with E-state index in [0.29, 0.717) is 24.5 Å². The maximum atomic E-state index is 12.6. The molecule has 0 radical (unpaired) electrons. The van der Waals surface area contributed by atoms with E-state index in [1.54, 1.807) is 0 Å². The van der Waals surface area contributed by atoms with Crippen LogP contribution < -0.4 is 10.6 Å². The molecule has 7 nitrogen and oxygen atoms in total. The first kappa shape index (κ1) is 20.2. The van der Waals surface area contributed by atoms with Gasteiger partial charge in [0.2, 0.25) is 5.91 Å². The molecule has 1 aromatic carbocycles. The highest BCUT2D eigenvalue weighted by Crippen LogP contribution is 2.38. The van der Waals surface area contributed by atoms with Crippen LogP contribution in [0.5, 0.6) is 0 Å². The van der Waals surface area contributed by atoms with Crippen LogP contribution in [0.2, 0.25) is 5.02 Å². The van der Waals surface area contributed by atoms with Gasteiger partial charge in [-0.1, -0.05) is 23.7 Å². The van der Waals surface area contributed by atoms with E-state index in [-0.39, 0.29) is 18.2 Å². The summed E-state index contributed by atoms with van der Waals surface area (Å²) in [6.45, 7) is 4.75. The maximum Gasteiger partial charge on any atom is 0.287 e. The van der Waals surface area contributed by atoms with Crippen molar-refractivity contribution >= 4 is 23.4 Å². The Morgan fingerprint density at radius 2 is 1.97 bits per heavy atom. The van der Waals surface area contributed by atoms with Crippen LogP contribution in [0.3, 0.4) is 0 Å². The Morgan fingerprint density at radius 1 is 1.20 bits per heavy atom. The molecule has 0 atom stereocenters. The Kier molecular flexibility index (Phi) is 5.63. The van der Waals surface area contributed by atoms with Gasteiger partial charge in [0.1, 0.15) is 5.76 Å². The number of nitrogens with one attached hydrogen (secondary N) is 2. The van der Waals surface area contributed by atoms with E-state index >= 15 is 0 Å². The third-order valence-corrected chi connectivity index (χ3v) is 5.41. The van der Waals surface area contributed by atoms with Gasteiger partial charge < -0.3 is 15.1 Å². The molecule has 0 saturated heterocycles. The van der Waals surface area contributed by atoms with Crippen LogP contribution in [-0.2, 0) is 24.2 Å². The number of amides is 2. The maximum absolute atomic E-state index is 12.6. The normalized spacial score (nSPS) is 12.2. The lowest BCUT2D eigenvalue weighted by atomic mass is 9.93. The molecule has 156 valence electrons. The predicted molar refractivity (Wildman–Crippen MR) is 114 cm³/mol. The minimum Gasteiger partial charge on any atom is -0.455 e. The Hall–Kier alpha value is -3.06. The quantitative estimate of drug-likeness (QED) is 0.633. The Labute approximate surface area is 179 Å². The molecule has 30 heavy (non-hydrogen) atoms. The summed E-state index contributed by atoms with van der Waals surface area (Å²) >= 11 is 5.97. The van der Waals surface area contributed by atoms with Gasteiger partial charge in [0, 0.05) is 35.3 Å². The molecule has 2 aromatic heterocycles. The van der Waals surface area contributed by atoms with Gasteiger partial charge in [-0.2, -0.15) is 5.10 Å². The number of furan rings is 1. The number of carbonyl (C=O) groups is 2. The molecule has 0 bridgehead atoms. The van der Waals surface area contributed by atoms with Crippen LogP contribution >= 0.6 is 11.6 Å². The molecular weight excluding hydrogens is 404 g/mol. The SMILES string of the molecule is CCNC(=O)CNC(=O)c1oc2c(c1C)-c1nn(Cc3ccc(Cl)cc3)cc1CC2. The van der Waals surface area contributed by atoms with E-state index in [2.05, 4.69) is 10.6 Å². The second-order valence-corrected chi connectivity index (χ2v) is 7.75. The molecule has 2 amide bonds. The van der Waals surface area contributed by atoms with Crippen molar-refractivity contribution in [1.29, 1.82) is 0 Å². The summed E-state index contributed by atoms with van der Waals surface area (Å²) < 4.78 is 7.79. The van der Waals surface area contributed by atoms with E-state index in [1.165, 1.54) is 0 Å². The molecule has 2 heterocycles. The molecule has 0 spiro atoms. The number of likely N-dealkylation sites (N-methyl/N-ethyl adjacent to an activating group) is 1. The number of hydrogen-bond donors (Lipinski definition) is 2. The van der Waals surface area contributed by atoms with Gasteiger partial charge in [-0.05, 0) is 43.5 Å². The molecule has 1 aliphatic carbocycles. The number of aryl methyl sites for hydroxylation is 2. The second-order valence-electron chi connectivity index (χ2n) is 7.32. The molecule has 3 aromatic rings. The van der Waals surface area contributed by atoms with Gasteiger partial charge in [-0.3, -0.25) is 14.3 Å². The highest BCUT2D eigenvalue weighted by Gasteiger charge is 2.29. The fourth-order valence-electron chi connectivity index (χ4n) is 3.74. The second kappa shape index (κ2) is 8.36. The van der Waals surface area contributed by atoms with Crippen LogP contribution in [0.25, 0.3) is 11.3 Å². The van der Waals surface area contributed by atoms with Crippen LogP contribution in [0.15, 0.2) is 34.9 Å². The minimum atomic E-state index is -0.393. The van der Waals surface area contributed by atoms with Gasteiger partial charge in [0.05, 0.1) is 18.8 Å². The van der Waals surface area contributed by atoms with Gasteiger partial charge in [-0.15, -0.1) is 0 Å². The van der Waals surface area contributed by atoms with Crippen molar-refractivity contribution in [3.8, 4) is 11.3 Å². The van der Waals surface area contributed by atoms with Crippen molar-refractivity contribution in [2.24, 2.45) is 0 Å². The summed E-state index contributed by atoms with van der Waals surface area (Å²) in [4.78, 5) is 24.2. The van der Waals surface area contributed by atoms with E-state index in [1.807, 2.05) is 49.0 Å². The Bertz CT molecular complexity index is 1100. The number of fused-ring (bicyclic) bond motifs is 3. The van der Waals surface area contributed by atoms with Crippen molar-refractivity contribution in [3.63, 3.8) is 0 Å². The number of rotatable bonds is 6. The molecule has 0 unspecified atom stereocenters. The van der Waals surface area contributed by atoms with Crippen molar-refractivity contribution in [3.05, 3.63) is 63.7 Å². The first-order chi connectivity index (χ1) is 14.5. The molecular formula is C22H23ClN4O3. The average Bonchev–Trinajstić information content (AvgIpc) is 3.28. The highest BCUT2D eigenvalue weighted by atomic mass is 35.5. The van der Waals surface area contributed by atoms with Crippen LogP contribution in [-0.4, -0.2) is 34.7 Å². The lowest BCUT2D eigenvalue weighted by Crippen LogP contribution is -2.36. The average molecular weight is 427 g/mol. The summed E-state index contributed by atoms with van der Waals surface area (Å²) in [7, 11) is 0. The van der Waals surface area contributed by atoms with E-state index < -0.39 is 5.91 Å². The minimum absolute atomic E-state index is 0.0849. The van der Waals surface area contributed by atoms with Crippen LogP contribution in [0, 0.1) is 6.92 Å². The van der Waals surface area contributed by atoms with Crippen molar-refractivity contribution in [1.82, 2.24) is 20.4 Å². The molecule has 0 aliphatic heterocycles. The summed E-state index contributed by atoms with van der Waals surface area (Å²) in [5.74, 6) is 0.377. The lowest BCUT2D eigenvalue weighted by Gasteiger charge is -2.09. The predicted octanol–water partition coefficient (Wildman–Crippen LogP) is 3.12. The van der Waals surface area contributed by atoms with E-state index in [4.69, 9.17) is 21.1 Å². The topological polar surface area (TPSA) is 89.2 Å². The third-order valence-electron chi connectivity index (χ3n) is 5.16. The first-order valence-corrected chi connectivity index (χ1v) is 10.3. The Morgan fingerprint density at radius 3 is 2.70 bits per heavy atom. The number of benzene rings is 1. The van der Waals surface area contributed by atoms with Crippen molar-refractivity contribution in [2.45, 2.75) is 33.2 Å². The summed E-state index contributed by atoms with van der Waals surface area (Å²) in [5, 5.41) is 10.7. The zero-order chi connectivity index (χ0) is 21.3. The van der Waals surface area contributed by atoms with Crippen LogP contribution in [0.1, 0.15) is 39.9 Å². The lowest BCUT2D eigenvalue weighted by molar-refractivity contribution is -0.120. The largest absolute Gasteiger partial charge is 0.455 e. The zero-order valence-corrected chi connectivity index (χ0v) is 17.7. The number of nitrogens with zero attached hydrogens (tertiary/aromatic N) is 2. The van der Waals surface area contributed by atoms with Gasteiger partial charge >= 0.3 is 0 Å². The first-order valence-electron chi connectivity index (χ1n) is 9.94. The third kappa shape index (κ3) is 3.98. The summed E-state index contributed by atoms with van der Waals surface area (Å²) in [6.07, 6.45) is 3.56. The zero-order valence-electron chi connectivity index (χ0n) is 16.9. The van der Waals surface area contributed by atoms with E-state index in [0.717, 1.165) is 40.1 Å². The highest BCUT2D eigenvalue weighted by molar-refractivity contribution is 6.30. The van der Waals surface area contributed by atoms with Crippen molar-refractivity contribution < 1.29 is 14.0 Å². The monoisotopic (exact) mass is 426 g/mol. The van der Waals surface area contributed by atoms with Gasteiger partial charge in [0.15, 0.2) is 5.76 Å². The standard InChI is InChI=1S/C22H23ClN4O3/c1-3-24-18(28)10-25-22(29)21-13(2)19-17(30-21)9-6-15-12-27(26-20(15)19)11-14-4-7-16(23)8-5-14/h4-5,7-8,12H,3,6,9-11H2,1-2H3,(H,24,28)(H,25,29). The molecule has 8 heteroatoms. The van der Waals surface area contributed by atoms with E-state index in [9.17, 15) is 9.59 Å². The number of halogens is 1. The van der Waals surface area contributed by atoms with Crippen LogP contribution in [0.4, 0.5) is 0 Å². The fraction of sp³-hybridized carbons (Fsp3) is 0.318. The Balaban J connectivity index is 1.56. The van der Waals surface area contributed by atoms with Gasteiger partial charge in [0.25, 0.3) is 5.91 Å². The summed E-state index contributed by atoms with van der Waals surface area (Å²) in [5.41, 5.74) is 4.73. The molecule has 1 aliphatic rings. The smallest absolute Gasteiger partial charge is 0.287 e. The summed E-state index contributed by atoms with van der Waals surface area (Å²) in [6, 6.07) is 7.69. The molecule has 0 saturated carbocycles. The molecule has 0 fully saturated rings. The molecule has 4 rings (SSSR count). The number of aromatic nitrogens is 2. The van der Waals surface area contributed by atoms with Crippen molar-refractivity contribution in [2.75, 3.05) is 13.1 Å². The number of carbonyl (C=O) groups excluding carboxylic acids is 2. The molecule has 2 N–H and O–H groups in total. The van der Waals surface area contributed by atoms with Gasteiger partial charge in [-0.25, -0.2) is 0 Å². The fourth-order valence-corrected chi connectivity index (χ4v) is 3.86.